The zero-order valence-electron chi connectivity index (χ0n) is 18.0. The summed E-state index contributed by atoms with van der Waals surface area (Å²) < 4.78 is 16.4. The SMILES string of the molecule is COc1ccc(CNC(=O)c2cc(C3=NO[C@H]([C@@H]4CO[C@@H](CO)CO4)C3)nc(C)n2)cc1. The van der Waals surface area contributed by atoms with E-state index < -0.39 is 0 Å². The molecule has 0 spiro atoms. The maximum atomic E-state index is 12.7. The van der Waals surface area contributed by atoms with Crippen molar-refractivity contribution in [1.29, 1.82) is 0 Å². The van der Waals surface area contributed by atoms with E-state index in [0.717, 1.165) is 11.3 Å². The van der Waals surface area contributed by atoms with Crippen molar-refractivity contribution >= 4 is 11.6 Å². The third kappa shape index (κ3) is 5.21. The minimum absolute atomic E-state index is 0.0798. The first-order chi connectivity index (χ1) is 15.6. The summed E-state index contributed by atoms with van der Waals surface area (Å²) in [6.07, 6.45) is -0.431. The Bertz CT molecular complexity index is 973. The number of hydrogen-bond acceptors (Lipinski definition) is 9. The van der Waals surface area contributed by atoms with Crippen LogP contribution in [0.2, 0.25) is 0 Å². The number of oxime groups is 1. The van der Waals surface area contributed by atoms with Crippen LogP contribution in [-0.4, -0.2) is 71.9 Å². The average molecular weight is 442 g/mol. The molecule has 1 aromatic heterocycles. The van der Waals surface area contributed by atoms with Crippen LogP contribution in [0.25, 0.3) is 0 Å². The topological polar surface area (TPSA) is 124 Å². The molecule has 170 valence electrons. The Hall–Kier alpha value is -3.08. The number of nitrogens with zero attached hydrogens (tertiary/aromatic N) is 3. The maximum Gasteiger partial charge on any atom is 0.270 e. The number of aromatic nitrogens is 2. The van der Waals surface area contributed by atoms with Gasteiger partial charge in [0.25, 0.3) is 5.91 Å². The molecule has 1 aromatic carbocycles. The standard InChI is InChI=1S/C22H26N4O6/c1-13-24-17(18-8-20(32-26-18)21-12-30-16(10-27)11-31-21)7-19(25-13)22(28)23-9-14-3-5-15(29-2)6-4-14/h3-7,16,20-21,27H,8-12H2,1-2H3,(H,23,28)/t16-,20-,21-/m0/s1. The van der Waals surface area contributed by atoms with Gasteiger partial charge in [0.2, 0.25) is 0 Å². The monoisotopic (exact) mass is 442 g/mol. The number of aliphatic hydroxyl groups is 1. The van der Waals surface area contributed by atoms with Gasteiger partial charge in [-0.25, -0.2) is 9.97 Å². The lowest BCUT2D eigenvalue weighted by atomic mass is 10.0. The number of nitrogens with one attached hydrogen (secondary N) is 1. The minimum Gasteiger partial charge on any atom is -0.497 e. The molecule has 0 aliphatic carbocycles. The van der Waals surface area contributed by atoms with Gasteiger partial charge in [-0.15, -0.1) is 0 Å². The van der Waals surface area contributed by atoms with Crippen LogP contribution in [0.3, 0.4) is 0 Å². The lowest BCUT2D eigenvalue weighted by molar-refractivity contribution is -0.178. The van der Waals surface area contributed by atoms with E-state index in [0.29, 0.717) is 43.4 Å². The van der Waals surface area contributed by atoms with Crippen molar-refractivity contribution in [2.24, 2.45) is 5.16 Å². The highest BCUT2D eigenvalue weighted by atomic mass is 16.7. The highest BCUT2D eigenvalue weighted by Crippen LogP contribution is 2.23. The van der Waals surface area contributed by atoms with Crippen molar-refractivity contribution in [3.05, 3.63) is 53.1 Å². The highest BCUT2D eigenvalue weighted by Gasteiger charge is 2.35. The molecule has 10 heteroatoms. The number of ether oxygens (including phenoxy) is 3. The van der Waals surface area contributed by atoms with E-state index in [1.54, 1.807) is 20.1 Å². The molecule has 0 radical (unpaired) electrons. The Morgan fingerprint density at radius 2 is 2.00 bits per heavy atom. The van der Waals surface area contributed by atoms with Gasteiger partial charge in [-0.2, -0.15) is 0 Å². The lowest BCUT2D eigenvalue weighted by Gasteiger charge is -2.30. The zero-order valence-corrected chi connectivity index (χ0v) is 18.0. The van der Waals surface area contributed by atoms with Crippen molar-refractivity contribution < 1.29 is 28.9 Å². The van der Waals surface area contributed by atoms with Crippen LogP contribution in [0.15, 0.2) is 35.5 Å². The van der Waals surface area contributed by atoms with Gasteiger partial charge >= 0.3 is 0 Å². The summed E-state index contributed by atoms with van der Waals surface area (Å²) in [6, 6.07) is 9.07. The summed E-state index contributed by atoms with van der Waals surface area (Å²) in [7, 11) is 1.61. The fourth-order valence-corrected chi connectivity index (χ4v) is 3.47. The molecule has 3 heterocycles. The molecule has 2 aromatic rings. The third-order valence-electron chi connectivity index (χ3n) is 5.28. The summed E-state index contributed by atoms with van der Waals surface area (Å²) in [5.41, 5.74) is 2.37. The molecule has 2 aliphatic rings. The predicted molar refractivity (Wildman–Crippen MR) is 114 cm³/mol. The molecule has 3 atom stereocenters. The van der Waals surface area contributed by atoms with Crippen LogP contribution in [0.1, 0.15) is 34.0 Å². The Kier molecular flexibility index (Phi) is 6.93. The molecule has 32 heavy (non-hydrogen) atoms. The Balaban J connectivity index is 1.37. The molecule has 4 rings (SSSR count). The Labute approximate surface area is 185 Å². The number of aliphatic hydroxyl groups excluding tert-OH is 1. The van der Waals surface area contributed by atoms with Gasteiger partial charge < -0.3 is 29.5 Å². The van der Waals surface area contributed by atoms with Crippen LogP contribution >= 0.6 is 0 Å². The molecule has 0 bridgehead atoms. The number of amides is 1. The predicted octanol–water partition coefficient (Wildman–Crippen LogP) is 0.993. The van der Waals surface area contributed by atoms with E-state index in [1.807, 2.05) is 24.3 Å². The number of hydrogen-bond donors (Lipinski definition) is 2. The van der Waals surface area contributed by atoms with Gasteiger partial charge in [0.15, 0.2) is 6.10 Å². The fraction of sp³-hybridized carbons (Fsp3) is 0.455. The lowest BCUT2D eigenvalue weighted by Crippen LogP contribution is -2.43. The molecule has 2 aliphatic heterocycles. The van der Waals surface area contributed by atoms with Crippen LogP contribution < -0.4 is 10.1 Å². The van der Waals surface area contributed by atoms with E-state index in [4.69, 9.17) is 24.2 Å². The fourth-order valence-electron chi connectivity index (χ4n) is 3.47. The largest absolute Gasteiger partial charge is 0.497 e. The first-order valence-corrected chi connectivity index (χ1v) is 10.4. The molecule has 1 fully saturated rings. The van der Waals surface area contributed by atoms with Crippen LogP contribution in [-0.2, 0) is 20.9 Å². The molecule has 10 nitrogen and oxygen atoms in total. The minimum atomic E-state index is -0.313. The van der Waals surface area contributed by atoms with Gasteiger partial charge in [-0.3, -0.25) is 4.79 Å². The second kappa shape index (κ2) is 10.0. The summed E-state index contributed by atoms with van der Waals surface area (Å²) in [6.45, 7) is 2.64. The Morgan fingerprint density at radius 3 is 2.69 bits per heavy atom. The van der Waals surface area contributed by atoms with E-state index >= 15 is 0 Å². The number of methoxy groups -OCH3 is 1. The summed E-state index contributed by atoms with van der Waals surface area (Å²) in [4.78, 5) is 26.9. The molecule has 1 saturated heterocycles. The number of aryl methyl sites for hydroxylation is 1. The number of rotatable bonds is 7. The first kappa shape index (κ1) is 22.1. The van der Waals surface area contributed by atoms with Crippen LogP contribution in [0, 0.1) is 6.92 Å². The van der Waals surface area contributed by atoms with E-state index in [9.17, 15) is 4.79 Å². The number of carbonyl (C=O) groups is 1. The second-order valence-corrected chi connectivity index (χ2v) is 7.61. The quantitative estimate of drug-likeness (QED) is 0.651. The van der Waals surface area contributed by atoms with Gasteiger partial charge in [-0.1, -0.05) is 17.3 Å². The maximum absolute atomic E-state index is 12.7. The van der Waals surface area contributed by atoms with Crippen molar-refractivity contribution in [3.63, 3.8) is 0 Å². The van der Waals surface area contributed by atoms with Crippen molar-refractivity contribution in [1.82, 2.24) is 15.3 Å². The van der Waals surface area contributed by atoms with Crippen molar-refractivity contribution in [3.8, 4) is 5.75 Å². The van der Waals surface area contributed by atoms with Gasteiger partial charge in [0.1, 0.15) is 35.2 Å². The van der Waals surface area contributed by atoms with Crippen molar-refractivity contribution in [2.75, 3.05) is 26.9 Å². The van der Waals surface area contributed by atoms with Gasteiger partial charge in [0, 0.05) is 13.0 Å². The van der Waals surface area contributed by atoms with E-state index in [2.05, 4.69) is 20.4 Å². The summed E-state index contributed by atoms with van der Waals surface area (Å²) in [5.74, 6) is 0.918. The normalized spacial score (nSPS) is 22.7. The van der Waals surface area contributed by atoms with E-state index in [1.165, 1.54) is 0 Å². The third-order valence-corrected chi connectivity index (χ3v) is 5.28. The smallest absolute Gasteiger partial charge is 0.270 e. The number of benzene rings is 1. The Morgan fingerprint density at radius 1 is 1.19 bits per heavy atom. The molecule has 0 unspecified atom stereocenters. The second-order valence-electron chi connectivity index (χ2n) is 7.61. The molecule has 2 N–H and O–H groups in total. The highest BCUT2D eigenvalue weighted by molar-refractivity contribution is 6.02. The number of carbonyl (C=O) groups excluding carboxylic acids is 1. The summed E-state index contributed by atoms with van der Waals surface area (Å²) in [5, 5.41) is 16.2. The van der Waals surface area contributed by atoms with Crippen molar-refractivity contribution in [2.45, 2.75) is 38.2 Å². The molecule has 0 saturated carbocycles. The van der Waals surface area contributed by atoms with Gasteiger partial charge in [-0.05, 0) is 30.7 Å². The van der Waals surface area contributed by atoms with Gasteiger partial charge in [0.05, 0.1) is 32.6 Å². The van der Waals surface area contributed by atoms with E-state index in [-0.39, 0.29) is 36.5 Å². The molecular formula is C22H26N4O6. The molecular weight excluding hydrogens is 416 g/mol. The summed E-state index contributed by atoms with van der Waals surface area (Å²) >= 11 is 0. The van der Waals surface area contributed by atoms with Crippen LogP contribution in [0.5, 0.6) is 5.75 Å². The average Bonchev–Trinajstić information content (AvgIpc) is 3.33. The molecule has 1 amide bonds. The van der Waals surface area contributed by atoms with Crippen LogP contribution in [0.4, 0.5) is 0 Å². The zero-order chi connectivity index (χ0) is 22.5. The first-order valence-electron chi connectivity index (χ1n) is 10.4.